The molecule has 1 aliphatic heterocycles. The second-order valence-electron chi connectivity index (χ2n) is 8.02. The molecule has 0 spiro atoms. The third-order valence-electron chi connectivity index (χ3n) is 5.23. The van der Waals surface area contributed by atoms with Gasteiger partial charge in [0.15, 0.2) is 12.2 Å². The number of rotatable bonds is 8. The Morgan fingerprint density at radius 1 is 0.970 bits per heavy atom. The van der Waals surface area contributed by atoms with Crippen molar-refractivity contribution < 1.29 is 33.7 Å². The summed E-state index contributed by atoms with van der Waals surface area (Å²) < 4.78 is 17.2. The van der Waals surface area contributed by atoms with Crippen LogP contribution < -0.4 is 0 Å². The monoisotopic (exact) mass is 472 g/mol. The third-order valence-corrected chi connectivity index (χ3v) is 6.38. The van der Waals surface area contributed by atoms with E-state index in [1.54, 1.807) is 37.3 Å². The van der Waals surface area contributed by atoms with Gasteiger partial charge >= 0.3 is 11.9 Å². The second kappa shape index (κ2) is 11.4. The lowest BCUT2D eigenvalue weighted by molar-refractivity contribution is -0.210. The molecule has 1 N–H and O–H groups in total. The van der Waals surface area contributed by atoms with Crippen LogP contribution in [0.25, 0.3) is 0 Å². The number of ketones is 1. The molecule has 1 fully saturated rings. The van der Waals surface area contributed by atoms with Crippen molar-refractivity contribution in [2.45, 2.75) is 68.4 Å². The van der Waals surface area contributed by atoms with E-state index in [1.807, 2.05) is 31.2 Å². The van der Waals surface area contributed by atoms with Crippen LogP contribution >= 0.6 is 11.8 Å². The van der Waals surface area contributed by atoms with Crippen LogP contribution in [-0.2, 0) is 23.8 Å². The van der Waals surface area contributed by atoms with Gasteiger partial charge in [0.05, 0.1) is 18.1 Å². The van der Waals surface area contributed by atoms with Crippen LogP contribution in [0.1, 0.15) is 42.6 Å². The first-order chi connectivity index (χ1) is 15.7. The van der Waals surface area contributed by atoms with E-state index >= 15 is 0 Å². The number of hydrogen-bond acceptors (Lipinski definition) is 8. The molecule has 7 nitrogen and oxygen atoms in total. The number of aliphatic hydroxyl groups excluding tert-OH is 1. The minimum atomic E-state index is -1.31. The van der Waals surface area contributed by atoms with E-state index in [2.05, 4.69) is 0 Å². The van der Waals surface area contributed by atoms with Crippen molar-refractivity contribution in [2.75, 3.05) is 0 Å². The fraction of sp³-hybridized carbons (Fsp3) is 0.400. The number of esters is 2. The second-order valence-corrected chi connectivity index (χ2v) is 9.20. The van der Waals surface area contributed by atoms with Gasteiger partial charge in [0, 0.05) is 11.3 Å². The van der Waals surface area contributed by atoms with Gasteiger partial charge in [0.1, 0.15) is 17.3 Å². The number of Topliss-reactive ketones (excluding diaryl/α,β-unsaturated/α-hetero) is 1. The number of hydrogen-bond donors (Lipinski definition) is 1. The summed E-state index contributed by atoms with van der Waals surface area (Å²) in [6, 6.07) is 16.1. The first kappa shape index (κ1) is 25.0. The maximum Gasteiger partial charge on any atom is 0.338 e. The average Bonchev–Trinajstić information content (AvgIpc) is 2.79. The molecule has 33 heavy (non-hydrogen) atoms. The Balaban J connectivity index is 1.78. The number of ether oxygens (including phenoxy) is 3. The number of aliphatic hydroxyl groups is 1. The number of carbonyl (C=O) groups is 3. The van der Waals surface area contributed by atoms with Gasteiger partial charge in [0.2, 0.25) is 0 Å². The molecular formula is C25H28O7S. The van der Waals surface area contributed by atoms with Crippen molar-refractivity contribution in [2.24, 2.45) is 0 Å². The van der Waals surface area contributed by atoms with Crippen LogP contribution in [0.5, 0.6) is 0 Å². The summed E-state index contributed by atoms with van der Waals surface area (Å²) in [6.07, 6.45) is -4.17. The van der Waals surface area contributed by atoms with Gasteiger partial charge in [-0.2, -0.15) is 0 Å². The van der Waals surface area contributed by atoms with Crippen molar-refractivity contribution in [1.82, 2.24) is 0 Å². The molecular weight excluding hydrogens is 444 g/mol. The maximum atomic E-state index is 12.6. The molecule has 0 aromatic heterocycles. The zero-order valence-electron chi connectivity index (χ0n) is 18.8. The summed E-state index contributed by atoms with van der Waals surface area (Å²) >= 11 is 1.31. The van der Waals surface area contributed by atoms with E-state index in [-0.39, 0.29) is 18.6 Å². The highest BCUT2D eigenvalue weighted by Crippen LogP contribution is 2.36. The van der Waals surface area contributed by atoms with Crippen LogP contribution in [-0.4, -0.2) is 52.7 Å². The van der Waals surface area contributed by atoms with Crippen molar-refractivity contribution in [3.05, 3.63) is 65.7 Å². The lowest BCUT2D eigenvalue weighted by atomic mass is 10.00. The Labute approximate surface area is 197 Å². The van der Waals surface area contributed by atoms with Crippen molar-refractivity contribution in [3.8, 4) is 0 Å². The van der Waals surface area contributed by atoms with E-state index < -0.39 is 41.8 Å². The van der Waals surface area contributed by atoms with E-state index in [9.17, 15) is 19.5 Å². The lowest BCUT2D eigenvalue weighted by Crippen LogP contribution is -2.58. The number of benzene rings is 2. The van der Waals surface area contributed by atoms with Crippen LogP contribution in [0.3, 0.4) is 0 Å². The molecule has 0 amide bonds. The zero-order chi connectivity index (χ0) is 24.0. The molecule has 0 aliphatic carbocycles. The highest BCUT2D eigenvalue weighted by Gasteiger charge is 2.48. The molecule has 0 bridgehead atoms. The highest BCUT2D eigenvalue weighted by atomic mass is 32.2. The maximum absolute atomic E-state index is 12.6. The van der Waals surface area contributed by atoms with Crippen molar-refractivity contribution in [3.63, 3.8) is 0 Å². The Morgan fingerprint density at radius 3 is 2.27 bits per heavy atom. The smallest absolute Gasteiger partial charge is 0.338 e. The summed E-state index contributed by atoms with van der Waals surface area (Å²) in [7, 11) is 0. The average molecular weight is 473 g/mol. The first-order valence-corrected chi connectivity index (χ1v) is 11.6. The molecule has 0 radical (unpaired) electrons. The molecule has 3 rings (SSSR count). The molecule has 8 heteroatoms. The molecule has 0 saturated carbocycles. The van der Waals surface area contributed by atoms with Gasteiger partial charge in [-0.25, -0.2) is 4.79 Å². The van der Waals surface area contributed by atoms with Crippen molar-refractivity contribution >= 4 is 29.5 Å². The summed E-state index contributed by atoms with van der Waals surface area (Å²) in [6.45, 7) is 5.06. The SMILES string of the molecule is CC(=O)CCC(=O)O[C@@H]1[C@H](O)[C@@H](OC(=O)c2ccccc2)[C@H](C)O[C@H]1Sc1ccc(C)cc1. The molecule has 0 unspecified atom stereocenters. The zero-order valence-corrected chi connectivity index (χ0v) is 19.6. The predicted molar refractivity (Wildman–Crippen MR) is 123 cm³/mol. The van der Waals surface area contributed by atoms with Gasteiger partial charge in [-0.1, -0.05) is 47.7 Å². The predicted octanol–water partition coefficient (Wildman–Crippen LogP) is 3.70. The summed E-state index contributed by atoms with van der Waals surface area (Å²) in [5, 5.41) is 11.1. The Hall–Kier alpha value is -2.68. The lowest BCUT2D eigenvalue weighted by Gasteiger charge is -2.42. The van der Waals surface area contributed by atoms with Crippen LogP contribution in [0, 0.1) is 6.92 Å². The van der Waals surface area contributed by atoms with Gasteiger partial charge in [0.25, 0.3) is 0 Å². The summed E-state index contributed by atoms with van der Waals surface area (Å²) in [5.41, 5.74) is 0.700. The standard InChI is InChI=1S/C25H28O7S/c1-15-9-12-19(13-10-15)33-25-23(31-20(27)14-11-16(2)26)21(28)22(17(3)30-25)32-24(29)18-7-5-4-6-8-18/h4-10,12-13,17,21-23,25,28H,11,14H2,1-3H3/t17-,21+,22-,23+,25-/m0/s1. The molecule has 1 saturated heterocycles. The van der Waals surface area contributed by atoms with E-state index in [4.69, 9.17) is 14.2 Å². The Kier molecular flexibility index (Phi) is 8.66. The van der Waals surface area contributed by atoms with Crippen LogP contribution in [0.15, 0.2) is 59.5 Å². The fourth-order valence-electron chi connectivity index (χ4n) is 3.38. The van der Waals surface area contributed by atoms with E-state index in [1.165, 1.54) is 18.7 Å². The molecule has 1 aliphatic rings. The van der Waals surface area contributed by atoms with Gasteiger partial charge in [-0.05, 0) is 45.0 Å². The Bertz CT molecular complexity index is 960. The minimum Gasteiger partial charge on any atom is -0.456 e. The summed E-state index contributed by atoms with van der Waals surface area (Å²) in [4.78, 5) is 37.1. The van der Waals surface area contributed by atoms with Crippen molar-refractivity contribution in [1.29, 1.82) is 0 Å². The number of carbonyl (C=O) groups excluding carboxylic acids is 3. The van der Waals surface area contributed by atoms with Gasteiger partial charge in [-0.3, -0.25) is 4.79 Å². The molecule has 2 aromatic rings. The van der Waals surface area contributed by atoms with E-state index in [0.717, 1.165) is 10.5 Å². The minimum absolute atomic E-state index is 0.0428. The Morgan fingerprint density at radius 2 is 1.64 bits per heavy atom. The molecule has 5 atom stereocenters. The summed E-state index contributed by atoms with van der Waals surface area (Å²) in [5.74, 6) is -1.38. The van der Waals surface area contributed by atoms with E-state index in [0.29, 0.717) is 5.56 Å². The number of aryl methyl sites for hydroxylation is 1. The largest absolute Gasteiger partial charge is 0.456 e. The van der Waals surface area contributed by atoms with Crippen LogP contribution in [0.4, 0.5) is 0 Å². The quantitative estimate of drug-likeness (QED) is 0.581. The van der Waals surface area contributed by atoms with Gasteiger partial charge in [-0.15, -0.1) is 0 Å². The molecule has 2 aromatic carbocycles. The first-order valence-electron chi connectivity index (χ1n) is 10.8. The fourth-order valence-corrected chi connectivity index (χ4v) is 4.53. The molecule has 1 heterocycles. The molecule has 176 valence electrons. The van der Waals surface area contributed by atoms with Crippen LogP contribution in [0.2, 0.25) is 0 Å². The third kappa shape index (κ3) is 6.90. The highest BCUT2D eigenvalue weighted by molar-refractivity contribution is 7.99. The normalized spacial score (nSPS) is 24.7. The topological polar surface area (TPSA) is 99.1 Å². The number of thioether (sulfide) groups is 1. The van der Waals surface area contributed by atoms with Gasteiger partial charge < -0.3 is 24.1 Å².